The summed E-state index contributed by atoms with van der Waals surface area (Å²) in [6, 6.07) is 7.19. The fraction of sp³-hybridized carbons (Fsp3) is 0.684. The van der Waals surface area contributed by atoms with E-state index in [1.54, 1.807) is 11.1 Å². The van der Waals surface area contributed by atoms with Crippen molar-refractivity contribution in [3.63, 3.8) is 0 Å². The molecule has 112 valence electrons. The minimum Gasteiger partial charge on any atom is -0.312 e. The maximum Gasteiger partial charge on any atom is 0.00966 e. The van der Waals surface area contributed by atoms with Crippen LogP contribution in [0, 0.1) is 11.8 Å². The number of hydrogen-bond acceptors (Lipinski definition) is 1. The molecule has 1 unspecified atom stereocenters. The molecule has 20 heavy (non-hydrogen) atoms. The minimum absolute atomic E-state index is 0.213. The highest BCUT2D eigenvalue weighted by molar-refractivity contribution is 5.35. The zero-order chi connectivity index (χ0) is 14.8. The van der Waals surface area contributed by atoms with Gasteiger partial charge < -0.3 is 5.32 Å². The van der Waals surface area contributed by atoms with Crippen molar-refractivity contribution in [2.24, 2.45) is 11.8 Å². The monoisotopic (exact) mass is 273 g/mol. The Morgan fingerprint density at radius 3 is 2.45 bits per heavy atom. The van der Waals surface area contributed by atoms with Crippen molar-refractivity contribution >= 4 is 0 Å². The third-order valence-corrected chi connectivity index (χ3v) is 4.50. The Hall–Kier alpha value is -0.820. The second kappa shape index (κ2) is 6.30. The summed E-state index contributed by atoms with van der Waals surface area (Å²) in [4.78, 5) is 0. The predicted octanol–water partition coefficient (Wildman–Crippen LogP) is 4.38. The molecule has 1 aromatic carbocycles. The van der Waals surface area contributed by atoms with Gasteiger partial charge in [-0.2, -0.15) is 0 Å². The van der Waals surface area contributed by atoms with Gasteiger partial charge in [-0.15, -0.1) is 0 Å². The molecule has 0 bridgehead atoms. The van der Waals surface area contributed by atoms with Gasteiger partial charge in [-0.25, -0.2) is 0 Å². The molecule has 0 spiro atoms. The van der Waals surface area contributed by atoms with E-state index in [0.29, 0.717) is 5.92 Å². The van der Waals surface area contributed by atoms with Crippen molar-refractivity contribution in [3.05, 3.63) is 34.9 Å². The first kappa shape index (κ1) is 15.6. The van der Waals surface area contributed by atoms with E-state index in [-0.39, 0.29) is 5.54 Å². The Morgan fingerprint density at radius 2 is 1.80 bits per heavy atom. The molecule has 0 aromatic heterocycles. The molecule has 1 aliphatic carbocycles. The number of hydrogen-bond donors (Lipinski definition) is 1. The molecular weight excluding hydrogens is 242 g/mol. The highest BCUT2D eigenvalue weighted by Gasteiger charge is 2.19. The Kier molecular flexibility index (Phi) is 4.90. The third-order valence-electron chi connectivity index (χ3n) is 4.50. The molecular formula is C19H31N. The van der Waals surface area contributed by atoms with Crippen LogP contribution in [-0.2, 0) is 19.3 Å². The molecule has 1 aromatic rings. The molecule has 2 rings (SSSR count). The van der Waals surface area contributed by atoms with E-state index in [0.717, 1.165) is 12.5 Å². The fourth-order valence-electron chi connectivity index (χ4n) is 3.04. The van der Waals surface area contributed by atoms with Crippen LogP contribution in [0.5, 0.6) is 0 Å². The summed E-state index contributed by atoms with van der Waals surface area (Å²) in [6.45, 7) is 12.6. The van der Waals surface area contributed by atoms with Gasteiger partial charge in [0.05, 0.1) is 0 Å². The zero-order valence-electron chi connectivity index (χ0n) is 13.9. The van der Waals surface area contributed by atoms with Gasteiger partial charge in [-0.3, -0.25) is 0 Å². The van der Waals surface area contributed by atoms with E-state index in [1.807, 2.05) is 0 Å². The maximum absolute atomic E-state index is 3.68. The lowest BCUT2D eigenvalue weighted by atomic mass is 9.87. The molecule has 0 saturated carbocycles. The van der Waals surface area contributed by atoms with Crippen LogP contribution in [0.1, 0.15) is 57.7 Å². The van der Waals surface area contributed by atoms with Crippen LogP contribution in [-0.4, -0.2) is 12.1 Å². The van der Waals surface area contributed by atoms with E-state index in [2.05, 4.69) is 58.1 Å². The van der Waals surface area contributed by atoms with Gasteiger partial charge in [-0.05, 0) is 81.5 Å². The quantitative estimate of drug-likeness (QED) is 0.839. The van der Waals surface area contributed by atoms with Gasteiger partial charge in [0.25, 0.3) is 0 Å². The predicted molar refractivity (Wildman–Crippen MR) is 88.3 cm³/mol. The van der Waals surface area contributed by atoms with Crippen LogP contribution in [0.15, 0.2) is 18.2 Å². The third kappa shape index (κ3) is 4.34. The van der Waals surface area contributed by atoms with Crippen LogP contribution in [0.25, 0.3) is 0 Å². The van der Waals surface area contributed by atoms with Crippen LogP contribution >= 0.6 is 0 Å². The van der Waals surface area contributed by atoms with Crippen molar-refractivity contribution in [2.45, 2.75) is 65.8 Å². The molecule has 0 radical (unpaired) electrons. The summed E-state index contributed by atoms with van der Waals surface area (Å²) < 4.78 is 0. The molecule has 1 heteroatoms. The lowest BCUT2D eigenvalue weighted by molar-refractivity contribution is 0.312. The number of nitrogens with one attached hydrogen (secondary N) is 1. The average Bonchev–Trinajstić information content (AvgIpc) is 2.80. The molecule has 0 heterocycles. The summed E-state index contributed by atoms with van der Waals surface area (Å²) in [7, 11) is 0. The molecule has 1 atom stereocenters. The first-order valence-electron chi connectivity index (χ1n) is 8.21. The lowest BCUT2D eigenvalue weighted by Gasteiger charge is -2.27. The highest BCUT2D eigenvalue weighted by Crippen LogP contribution is 2.25. The molecule has 1 N–H and O–H groups in total. The largest absolute Gasteiger partial charge is 0.312 e. The van der Waals surface area contributed by atoms with Crippen molar-refractivity contribution in [1.82, 2.24) is 5.32 Å². The maximum atomic E-state index is 3.68. The zero-order valence-corrected chi connectivity index (χ0v) is 13.9. The Morgan fingerprint density at radius 1 is 1.10 bits per heavy atom. The second-order valence-corrected chi connectivity index (χ2v) is 7.80. The average molecular weight is 273 g/mol. The van der Waals surface area contributed by atoms with Gasteiger partial charge in [0, 0.05) is 5.54 Å². The summed E-state index contributed by atoms with van der Waals surface area (Å²) in [5.74, 6) is 1.44. The molecule has 0 fully saturated rings. The topological polar surface area (TPSA) is 12.0 Å². The number of fused-ring (bicyclic) bond motifs is 1. The van der Waals surface area contributed by atoms with Gasteiger partial charge in [-0.1, -0.05) is 32.0 Å². The summed E-state index contributed by atoms with van der Waals surface area (Å²) in [6.07, 6.45) is 5.12. The Labute approximate surface area is 125 Å². The molecule has 1 nitrogen and oxygen atoms in total. The highest BCUT2D eigenvalue weighted by atomic mass is 14.9. The summed E-state index contributed by atoms with van der Waals surface area (Å²) >= 11 is 0. The van der Waals surface area contributed by atoms with Crippen molar-refractivity contribution in [2.75, 3.05) is 6.54 Å². The number of aryl methyl sites for hydroxylation is 2. The molecule has 1 aliphatic rings. The lowest BCUT2D eigenvalue weighted by Crippen LogP contribution is -2.40. The van der Waals surface area contributed by atoms with Crippen molar-refractivity contribution < 1.29 is 0 Å². The van der Waals surface area contributed by atoms with Gasteiger partial charge >= 0.3 is 0 Å². The van der Waals surface area contributed by atoms with Crippen LogP contribution in [0.2, 0.25) is 0 Å². The minimum atomic E-state index is 0.213. The SMILES string of the molecule is CC(C)C(CNC(C)(C)C)Cc1ccc2c(c1)CCC2. The van der Waals surface area contributed by atoms with Crippen LogP contribution in [0.4, 0.5) is 0 Å². The van der Waals surface area contributed by atoms with Gasteiger partial charge in [0.2, 0.25) is 0 Å². The van der Waals surface area contributed by atoms with Gasteiger partial charge in [0.15, 0.2) is 0 Å². The normalized spacial score (nSPS) is 16.5. The molecule has 0 aliphatic heterocycles. The number of benzene rings is 1. The summed E-state index contributed by atoms with van der Waals surface area (Å²) in [5, 5.41) is 3.68. The molecule has 0 saturated heterocycles. The smallest absolute Gasteiger partial charge is 0.00966 e. The van der Waals surface area contributed by atoms with Crippen molar-refractivity contribution in [1.29, 1.82) is 0 Å². The van der Waals surface area contributed by atoms with E-state index < -0.39 is 0 Å². The van der Waals surface area contributed by atoms with E-state index in [9.17, 15) is 0 Å². The van der Waals surface area contributed by atoms with Crippen LogP contribution < -0.4 is 5.32 Å². The second-order valence-electron chi connectivity index (χ2n) is 7.80. The van der Waals surface area contributed by atoms with E-state index in [4.69, 9.17) is 0 Å². The fourth-order valence-corrected chi connectivity index (χ4v) is 3.04. The van der Waals surface area contributed by atoms with Crippen molar-refractivity contribution in [3.8, 4) is 0 Å². The summed E-state index contributed by atoms with van der Waals surface area (Å²) in [5.41, 5.74) is 4.93. The molecule has 0 amide bonds. The Bertz CT molecular complexity index is 440. The first-order valence-corrected chi connectivity index (χ1v) is 8.21. The van der Waals surface area contributed by atoms with Crippen LogP contribution in [0.3, 0.4) is 0 Å². The van der Waals surface area contributed by atoms with E-state index in [1.165, 1.54) is 31.2 Å². The first-order chi connectivity index (χ1) is 9.35. The Balaban J connectivity index is 2.01. The standard InChI is InChI=1S/C19H31N/c1-14(2)18(13-20-19(3,4)5)12-15-9-10-16-7-6-8-17(16)11-15/h9-11,14,18,20H,6-8,12-13H2,1-5H3. The number of rotatable bonds is 5. The van der Waals surface area contributed by atoms with Gasteiger partial charge in [0.1, 0.15) is 0 Å². The van der Waals surface area contributed by atoms with E-state index >= 15 is 0 Å².